The van der Waals surface area contributed by atoms with Crippen molar-refractivity contribution < 1.29 is 21.8 Å². The van der Waals surface area contributed by atoms with E-state index in [0.717, 1.165) is 17.0 Å². The predicted octanol–water partition coefficient (Wildman–Crippen LogP) is 2.71. The second-order valence-corrected chi connectivity index (χ2v) is 7.17. The highest BCUT2D eigenvalue weighted by atomic mass is 32.2. The molecule has 0 aliphatic carbocycles. The summed E-state index contributed by atoms with van der Waals surface area (Å²) >= 11 is 0. The Labute approximate surface area is 111 Å². The van der Waals surface area contributed by atoms with E-state index >= 15 is 0 Å². The summed E-state index contributed by atoms with van der Waals surface area (Å²) in [5.41, 5.74) is 2.30. The highest BCUT2D eigenvalue weighted by Crippen LogP contribution is 2.40. The Balaban J connectivity index is 2.66. The van der Waals surface area contributed by atoms with Crippen LogP contribution in [0.4, 0.5) is 14.5 Å². The van der Waals surface area contributed by atoms with Crippen molar-refractivity contribution in [1.82, 2.24) is 0 Å². The molecule has 19 heavy (non-hydrogen) atoms. The molecule has 1 aliphatic rings. The van der Waals surface area contributed by atoms with Crippen LogP contribution in [0.5, 0.6) is 0 Å². The summed E-state index contributed by atoms with van der Waals surface area (Å²) in [4.78, 5) is -0.322. The third-order valence-corrected chi connectivity index (χ3v) is 5.35. The zero-order valence-electron chi connectivity index (χ0n) is 11.2. The second kappa shape index (κ2) is 4.10. The number of nitrogens with zero attached hydrogens (tertiary/aromatic N) is 1. The number of alkyl halides is 2. The van der Waals surface area contributed by atoms with Crippen LogP contribution in [0.15, 0.2) is 23.1 Å². The normalized spacial score (nSPS) is 18.1. The zero-order chi connectivity index (χ0) is 14.6. The maximum atomic E-state index is 12.6. The summed E-state index contributed by atoms with van der Waals surface area (Å²) in [6.45, 7) is 5.84. The quantitative estimate of drug-likeness (QED) is 0.785. The molecule has 0 spiro atoms. The van der Waals surface area contributed by atoms with Crippen molar-refractivity contribution >= 4 is 21.2 Å². The summed E-state index contributed by atoms with van der Waals surface area (Å²) in [5.74, 6) is -3.39. The molecule has 0 bridgehead atoms. The first-order valence-corrected chi connectivity index (χ1v) is 7.39. The molecule has 0 atom stereocenters. The Bertz CT molecular complexity index is 676. The summed E-state index contributed by atoms with van der Waals surface area (Å²) in [6.07, 6.45) is 0. The van der Waals surface area contributed by atoms with Crippen molar-refractivity contribution in [3.05, 3.63) is 23.8 Å². The molecule has 1 aromatic carbocycles. The molecule has 0 saturated carbocycles. The van der Waals surface area contributed by atoms with E-state index in [4.69, 9.17) is 0 Å². The molecule has 0 unspecified atom stereocenters. The van der Waals surface area contributed by atoms with Crippen molar-refractivity contribution in [3.63, 3.8) is 0 Å². The fourth-order valence-corrected chi connectivity index (χ4v) is 3.13. The van der Waals surface area contributed by atoms with Crippen LogP contribution in [0.2, 0.25) is 0 Å². The van der Waals surface area contributed by atoms with Gasteiger partial charge >= 0.3 is 5.76 Å². The largest absolute Gasteiger partial charge is 0.341 e. The van der Waals surface area contributed by atoms with Crippen LogP contribution in [0, 0.1) is 0 Å². The van der Waals surface area contributed by atoms with Crippen LogP contribution in [-0.4, -0.2) is 31.5 Å². The Morgan fingerprint density at radius 3 is 2.37 bits per heavy atom. The Hall–Kier alpha value is -1.30. The lowest BCUT2D eigenvalue weighted by atomic mass is 9.82. The lowest BCUT2D eigenvalue weighted by molar-refractivity contribution is -0.403. The van der Waals surface area contributed by atoms with Crippen LogP contribution in [0.3, 0.4) is 0 Å². The van der Waals surface area contributed by atoms with E-state index < -0.39 is 15.6 Å². The molecule has 3 nitrogen and oxygen atoms in total. The zero-order valence-corrected chi connectivity index (χ0v) is 12.1. The molecule has 6 heteroatoms. The fourth-order valence-electron chi connectivity index (χ4n) is 2.38. The first kappa shape index (κ1) is 14.1. The third kappa shape index (κ3) is 1.89. The molecule has 1 heterocycles. The number of benzene rings is 1. The molecule has 0 saturated heterocycles. The van der Waals surface area contributed by atoms with E-state index in [1.54, 1.807) is 6.07 Å². The van der Waals surface area contributed by atoms with Crippen molar-refractivity contribution in [2.75, 3.05) is 7.05 Å². The molecule has 0 N–H and O–H groups in total. The highest BCUT2D eigenvalue weighted by molar-refractivity contribution is 7.91. The van der Waals surface area contributed by atoms with Crippen LogP contribution in [-0.2, 0) is 15.3 Å². The average molecular weight is 288 g/mol. The number of fused-ring (bicyclic) bond motifs is 1. The molecule has 104 valence electrons. The predicted molar refractivity (Wildman–Crippen MR) is 69.2 cm³/mol. The van der Waals surface area contributed by atoms with E-state index in [1.807, 2.05) is 32.4 Å². The molecular weight excluding hydrogens is 272 g/mol. The SMILES string of the molecule is CC1=[N+](C)c2ccc(S(=O)(=O)C(F)F)cc2C1(C)C. The Morgan fingerprint density at radius 1 is 1.26 bits per heavy atom. The minimum Gasteiger partial charge on any atom is -0.218 e. The minimum absolute atomic E-state index is 0.322. The third-order valence-electron chi connectivity index (χ3n) is 3.97. The van der Waals surface area contributed by atoms with Gasteiger partial charge in [0.15, 0.2) is 5.71 Å². The van der Waals surface area contributed by atoms with Gasteiger partial charge in [-0.2, -0.15) is 8.78 Å². The van der Waals surface area contributed by atoms with Crippen molar-refractivity contribution in [2.24, 2.45) is 0 Å². The van der Waals surface area contributed by atoms with E-state index in [1.165, 1.54) is 12.1 Å². The molecular formula is C13H16F2NO2S+. The molecule has 0 amide bonds. The Morgan fingerprint density at radius 2 is 1.84 bits per heavy atom. The van der Waals surface area contributed by atoms with Crippen LogP contribution in [0.1, 0.15) is 26.3 Å². The maximum absolute atomic E-state index is 12.6. The first-order chi connectivity index (χ1) is 8.60. The summed E-state index contributed by atoms with van der Waals surface area (Å²) in [6, 6.07) is 4.19. The molecule has 0 radical (unpaired) electrons. The molecule has 0 fully saturated rings. The number of sulfone groups is 1. The lowest BCUT2D eigenvalue weighted by Crippen LogP contribution is -2.25. The van der Waals surface area contributed by atoms with Gasteiger partial charge in [0.1, 0.15) is 7.05 Å². The number of hydrogen-bond donors (Lipinski definition) is 0. The number of hydrogen-bond acceptors (Lipinski definition) is 2. The fraction of sp³-hybridized carbons (Fsp3) is 0.462. The average Bonchev–Trinajstić information content (AvgIpc) is 2.51. The van der Waals surface area contributed by atoms with Crippen LogP contribution >= 0.6 is 0 Å². The summed E-state index contributed by atoms with van der Waals surface area (Å²) in [5, 5.41) is 0. The van der Waals surface area contributed by atoms with E-state index in [0.29, 0.717) is 0 Å². The molecule has 1 aromatic rings. The second-order valence-electron chi connectivity index (χ2n) is 5.25. The minimum atomic E-state index is -4.54. The van der Waals surface area contributed by atoms with Gasteiger partial charge in [0, 0.05) is 18.6 Å². The van der Waals surface area contributed by atoms with Crippen molar-refractivity contribution in [1.29, 1.82) is 0 Å². The van der Waals surface area contributed by atoms with Gasteiger partial charge in [-0.3, -0.25) is 0 Å². The Kier molecular flexibility index (Phi) is 3.04. The maximum Gasteiger partial charge on any atom is 0.341 e. The van der Waals surface area contributed by atoms with Crippen molar-refractivity contribution in [3.8, 4) is 0 Å². The van der Waals surface area contributed by atoms with Gasteiger partial charge < -0.3 is 0 Å². The molecule has 1 aliphatic heterocycles. The van der Waals surface area contributed by atoms with Gasteiger partial charge in [-0.1, -0.05) is 0 Å². The standard InChI is InChI=1S/C13H16F2NO2S/c1-8-13(2,3)10-7-9(19(17,18)12(14)15)5-6-11(10)16(8)4/h5-7,12H,1-4H3/q+1. The van der Waals surface area contributed by atoms with Crippen molar-refractivity contribution in [2.45, 2.75) is 36.8 Å². The van der Waals surface area contributed by atoms with E-state index in [2.05, 4.69) is 0 Å². The molecule has 0 aromatic heterocycles. The van der Waals surface area contributed by atoms with Gasteiger partial charge in [0.2, 0.25) is 15.5 Å². The van der Waals surface area contributed by atoms with Gasteiger partial charge in [0.25, 0.3) is 0 Å². The van der Waals surface area contributed by atoms with Crippen LogP contribution in [0.25, 0.3) is 0 Å². The lowest BCUT2D eigenvalue weighted by Gasteiger charge is -2.15. The highest BCUT2D eigenvalue weighted by Gasteiger charge is 2.42. The smallest absolute Gasteiger partial charge is 0.218 e. The topological polar surface area (TPSA) is 37.1 Å². The summed E-state index contributed by atoms with van der Waals surface area (Å²) in [7, 11) is -2.67. The number of rotatable bonds is 2. The summed E-state index contributed by atoms with van der Waals surface area (Å²) < 4.78 is 50.2. The van der Waals surface area contributed by atoms with Gasteiger partial charge in [-0.25, -0.2) is 13.0 Å². The van der Waals surface area contributed by atoms with Crippen LogP contribution < -0.4 is 0 Å². The van der Waals surface area contributed by atoms with Gasteiger partial charge in [-0.15, -0.1) is 0 Å². The molecule has 2 rings (SSSR count). The van der Waals surface area contributed by atoms with E-state index in [9.17, 15) is 17.2 Å². The van der Waals surface area contributed by atoms with E-state index in [-0.39, 0.29) is 10.3 Å². The number of halogens is 2. The monoisotopic (exact) mass is 288 g/mol. The first-order valence-electron chi connectivity index (χ1n) is 5.84. The van der Waals surface area contributed by atoms with Gasteiger partial charge in [0.05, 0.1) is 10.3 Å². The van der Waals surface area contributed by atoms with Gasteiger partial charge in [-0.05, 0) is 26.0 Å².